The van der Waals surface area contributed by atoms with E-state index in [4.69, 9.17) is 0 Å². The fourth-order valence-electron chi connectivity index (χ4n) is 3.39. The van der Waals surface area contributed by atoms with Crippen LogP contribution in [0.25, 0.3) is 0 Å². The van der Waals surface area contributed by atoms with Crippen molar-refractivity contribution in [2.45, 2.75) is 63.9 Å². The predicted octanol–water partition coefficient (Wildman–Crippen LogP) is 4.10. The van der Waals surface area contributed by atoms with Gasteiger partial charge in [-0.05, 0) is 56.0 Å². The maximum absolute atomic E-state index is 10.6. The van der Waals surface area contributed by atoms with Gasteiger partial charge in [0.1, 0.15) is 0 Å². The van der Waals surface area contributed by atoms with Crippen LogP contribution in [0.2, 0.25) is 0 Å². The number of aliphatic hydroxyl groups is 1. The highest BCUT2D eigenvalue weighted by atomic mass is 16.3. The zero-order chi connectivity index (χ0) is 15.1. The van der Waals surface area contributed by atoms with Gasteiger partial charge in [0.15, 0.2) is 0 Å². The molecule has 1 aromatic rings. The van der Waals surface area contributed by atoms with Crippen molar-refractivity contribution >= 4 is 0 Å². The van der Waals surface area contributed by atoms with Gasteiger partial charge in [-0.2, -0.15) is 0 Å². The summed E-state index contributed by atoms with van der Waals surface area (Å²) in [5.74, 6) is 1.41. The molecule has 0 heterocycles. The lowest BCUT2D eigenvalue weighted by atomic mass is 9.78. The van der Waals surface area contributed by atoms with Crippen LogP contribution in [-0.4, -0.2) is 23.8 Å². The quantitative estimate of drug-likeness (QED) is 0.741. The van der Waals surface area contributed by atoms with Crippen LogP contribution in [0.15, 0.2) is 30.3 Å². The molecule has 1 fully saturated rings. The molecular formula is C19H31NO. The van der Waals surface area contributed by atoms with Crippen molar-refractivity contribution in [2.75, 3.05) is 13.1 Å². The van der Waals surface area contributed by atoms with Crippen molar-refractivity contribution in [1.82, 2.24) is 5.32 Å². The van der Waals surface area contributed by atoms with Gasteiger partial charge in [0.25, 0.3) is 0 Å². The van der Waals surface area contributed by atoms with Crippen molar-refractivity contribution in [3.05, 3.63) is 35.9 Å². The monoisotopic (exact) mass is 289 g/mol. The third kappa shape index (κ3) is 5.12. The number of benzene rings is 1. The Morgan fingerprint density at radius 1 is 1.24 bits per heavy atom. The molecule has 0 aliphatic heterocycles. The van der Waals surface area contributed by atoms with Crippen molar-refractivity contribution in [3.8, 4) is 0 Å². The van der Waals surface area contributed by atoms with E-state index in [1.54, 1.807) is 0 Å². The van der Waals surface area contributed by atoms with E-state index in [-0.39, 0.29) is 0 Å². The first-order valence-electron chi connectivity index (χ1n) is 8.61. The van der Waals surface area contributed by atoms with Crippen molar-refractivity contribution in [1.29, 1.82) is 0 Å². The van der Waals surface area contributed by atoms with Gasteiger partial charge in [0, 0.05) is 6.54 Å². The lowest BCUT2D eigenvalue weighted by Gasteiger charge is -2.36. The molecule has 2 N–H and O–H groups in total. The van der Waals surface area contributed by atoms with Crippen LogP contribution in [0.4, 0.5) is 0 Å². The highest BCUT2D eigenvalue weighted by Gasteiger charge is 2.31. The van der Waals surface area contributed by atoms with Gasteiger partial charge in [-0.25, -0.2) is 0 Å². The first-order chi connectivity index (χ1) is 10.1. The molecule has 2 nitrogen and oxygen atoms in total. The standard InChI is InChI=1S/C19H31NO/c1-3-17-9-12-19(21,13-10-17)15-20-14-11-16(2)18-7-5-4-6-8-18/h4-8,16-17,20-21H,3,9-15H2,1-2H3. The summed E-state index contributed by atoms with van der Waals surface area (Å²) < 4.78 is 0. The molecule has 21 heavy (non-hydrogen) atoms. The van der Waals surface area contributed by atoms with Crippen LogP contribution in [0.5, 0.6) is 0 Å². The van der Waals surface area contributed by atoms with Gasteiger partial charge in [0.05, 0.1) is 5.60 Å². The van der Waals surface area contributed by atoms with E-state index in [9.17, 15) is 5.11 Å². The Kier molecular flexibility index (Phi) is 6.25. The summed E-state index contributed by atoms with van der Waals surface area (Å²) in [4.78, 5) is 0. The smallest absolute Gasteiger partial charge is 0.0771 e. The molecule has 1 aliphatic carbocycles. The normalized spacial score (nSPS) is 27.5. The molecule has 0 aromatic heterocycles. The summed E-state index contributed by atoms with van der Waals surface area (Å²) in [5, 5.41) is 14.1. The van der Waals surface area contributed by atoms with Crippen LogP contribution in [0.1, 0.15) is 63.9 Å². The molecule has 0 bridgehead atoms. The molecule has 2 heteroatoms. The Hall–Kier alpha value is -0.860. The summed E-state index contributed by atoms with van der Waals surface area (Å²) >= 11 is 0. The van der Waals surface area contributed by atoms with Gasteiger partial charge in [-0.1, -0.05) is 50.6 Å². The summed E-state index contributed by atoms with van der Waals surface area (Å²) in [5.41, 5.74) is 0.947. The molecule has 0 amide bonds. The Bertz CT molecular complexity index is 395. The van der Waals surface area contributed by atoms with E-state index in [1.807, 2.05) is 0 Å². The minimum atomic E-state index is -0.457. The number of rotatable bonds is 7. The zero-order valence-corrected chi connectivity index (χ0v) is 13.6. The average Bonchev–Trinajstić information content (AvgIpc) is 2.53. The SMILES string of the molecule is CCC1CCC(O)(CNCCC(C)c2ccccc2)CC1. The first-order valence-corrected chi connectivity index (χ1v) is 8.61. The number of hydrogen-bond donors (Lipinski definition) is 2. The molecule has 1 aromatic carbocycles. The maximum Gasteiger partial charge on any atom is 0.0771 e. The lowest BCUT2D eigenvalue weighted by molar-refractivity contribution is -0.00851. The van der Waals surface area contributed by atoms with E-state index < -0.39 is 5.60 Å². The van der Waals surface area contributed by atoms with Crippen LogP contribution in [0.3, 0.4) is 0 Å². The Labute approximate surface area is 130 Å². The second-order valence-electron chi connectivity index (χ2n) is 6.85. The van der Waals surface area contributed by atoms with Gasteiger partial charge >= 0.3 is 0 Å². The van der Waals surface area contributed by atoms with E-state index in [2.05, 4.69) is 49.5 Å². The third-order valence-electron chi connectivity index (χ3n) is 5.19. The van der Waals surface area contributed by atoms with Crippen molar-refractivity contribution < 1.29 is 5.11 Å². The van der Waals surface area contributed by atoms with E-state index >= 15 is 0 Å². The predicted molar refractivity (Wildman–Crippen MR) is 89.5 cm³/mol. The average molecular weight is 289 g/mol. The highest BCUT2D eigenvalue weighted by molar-refractivity contribution is 5.18. The largest absolute Gasteiger partial charge is 0.389 e. The molecule has 0 radical (unpaired) electrons. The van der Waals surface area contributed by atoms with E-state index in [0.29, 0.717) is 5.92 Å². The second-order valence-corrected chi connectivity index (χ2v) is 6.85. The summed E-state index contributed by atoms with van der Waals surface area (Å²) in [6, 6.07) is 10.7. The molecule has 1 atom stereocenters. The zero-order valence-electron chi connectivity index (χ0n) is 13.6. The molecule has 1 unspecified atom stereocenters. The van der Waals surface area contributed by atoms with Gasteiger partial charge in [-0.15, -0.1) is 0 Å². The summed E-state index contributed by atoms with van der Waals surface area (Å²) in [6.07, 6.45) is 6.69. The molecular weight excluding hydrogens is 258 g/mol. The van der Waals surface area contributed by atoms with Crippen LogP contribution in [-0.2, 0) is 0 Å². The Balaban J connectivity index is 1.65. The minimum absolute atomic E-state index is 0.457. The van der Waals surface area contributed by atoms with Gasteiger partial charge < -0.3 is 10.4 Å². The Morgan fingerprint density at radius 2 is 1.90 bits per heavy atom. The fraction of sp³-hybridized carbons (Fsp3) is 0.684. The van der Waals surface area contributed by atoms with Crippen LogP contribution >= 0.6 is 0 Å². The van der Waals surface area contributed by atoms with Gasteiger partial charge in [0.2, 0.25) is 0 Å². The lowest BCUT2D eigenvalue weighted by Crippen LogP contribution is -2.43. The van der Waals surface area contributed by atoms with E-state index in [1.165, 1.54) is 24.8 Å². The fourth-order valence-corrected chi connectivity index (χ4v) is 3.39. The first kappa shape index (κ1) is 16.5. The molecule has 0 spiro atoms. The highest BCUT2D eigenvalue weighted by Crippen LogP contribution is 2.33. The summed E-state index contributed by atoms with van der Waals surface area (Å²) in [7, 11) is 0. The van der Waals surface area contributed by atoms with Gasteiger partial charge in [-0.3, -0.25) is 0 Å². The van der Waals surface area contributed by atoms with Crippen LogP contribution < -0.4 is 5.32 Å². The second kappa shape index (κ2) is 7.95. The van der Waals surface area contributed by atoms with Crippen LogP contribution in [0, 0.1) is 5.92 Å². The molecule has 1 saturated carbocycles. The van der Waals surface area contributed by atoms with Crippen molar-refractivity contribution in [3.63, 3.8) is 0 Å². The number of nitrogens with one attached hydrogen (secondary N) is 1. The minimum Gasteiger partial charge on any atom is -0.389 e. The molecule has 1 aliphatic rings. The Morgan fingerprint density at radius 3 is 2.52 bits per heavy atom. The molecule has 118 valence electrons. The number of hydrogen-bond acceptors (Lipinski definition) is 2. The molecule has 0 saturated heterocycles. The van der Waals surface area contributed by atoms with E-state index in [0.717, 1.165) is 38.3 Å². The van der Waals surface area contributed by atoms with Crippen molar-refractivity contribution in [2.24, 2.45) is 5.92 Å². The third-order valence-corrected chi connectivity index (χ3v) is 5.19. The maximum atomic E-state index is 10.6. The topological polar surface area (TPSA) is 32.3 Å². The molecule has 2 rings (SSSR count). The summed E-state index contributed by atoms with van der Waals surface area (Å²) in [6.45, 7) is 6.27.